The number of fused-ring (bicyclic) bond motifs is 11. The van der Waals surface area contributed by atoms with Gasteiger partial charge in [-0.2, -0.15) is 0 Å². The number of nitrogens with zero attached hydrogens (tertiary/aromatic N) is 3. The lowest BCUT2D eigenvalue weighted by Gasteiger charge is -2.59. The maximum Gasteiger partial charge on any atom is 0.167 e. The number of aromatic nitrogens is 3. The molecule has 7 aliphatic rings. The number of hydrogen-bond acceptors (Lipinski definition) is 5. The van der Waals surface area contributed by atoms with Crippen LogP contribution in [-0.4, -0.2) is 15.0 Å². The normalized spacial score (nSPS) is 32.0. The summed E-state index contributed by atoms with van der Waals surface area (Å²) in [6.45, 7) is 0. The molecule has 15 rings (SSSR count). The monoisotopic (exact) mass is 763 g/mol. The Morgan fingerprint density at radius 1 is 0.508 bits per heavy atom. The van der Waals surface area contributed by atoms with Gasteiger partial charge in [-0.25, -0.2) is 15.0 Å². The summed E-state index contributed by atoms with van der Waals surface area (Å²) in [4.78, 5) is 15.3. The Balaban J connectivity index is 0.868. The first-order chi connectivity index (χ1) is 29.2. The molecule has 0 radical (unpaired) electrons. The minimum atomic E-state index is 0.0214. The molecule has 6 aromatic carbocycles. The molecule has 0 saturated heterocycles. The first-order valence-corrected chi connectivity index (χ1v) is 21.9. The van der Waals surface area contributed by atoms with E-state index >= 15 is 0 Å². The number of para-hydroxylation sites is 4. The average Bonchev–Trinajstić information content (AvgIpc) is 3.78. The van der Waals surface area contributed by atoms with E-state index in [0.29, 0.717) is 28.8 Å². The van der Waals surface area contributed by atoms with Gasteiger partial charge in [0.1, 0.15) is 22.7 Å². The zero-order chi connectivity index (χ0) is 38.2. The lowest BCUT2D eigenvalue weighted by Crippen LogP contribution is -2.54. The van der Waals surface area contributed by atoms with E-state index in [9.17, 15) is 0 Å². The quantitative estimate of drug-likeness (QED) is 0.179. The molecule has 10 atom stereocenters. The maximum absolute atomic E-state index is 7.15. The predicted octanol–water partition coefficient (Wildman–Crippen LogP) is 12.8. The Morgan fingerprint density at radius 2 is 1.20 bits per heavy atom. The van der Waals surface area contributed by atoms with Crippen molar-refractivity contribution in [1.82, 2.24) is 15.0 Å². The molecule has 6 fully saturated rings. The van der Waals surface area contributed by atoms with E-state index in [1.165, 1.54) is 48.8 Å². The van der Waals surface area contributed by atoms with Crippen LogP contribution in [-0.2, 0) is 5.41 Å². The summed E-state index contributed by atoms with van der Waals surface area (Å²) in [5.41, 5.74) is 10.3. The van der Waals surface area contributed by atoms with E-state index in [2.05, 4.69) is 97.1 Å². The second-order valence-electron chi connectivity index (χ2n) is 19.1. The fourth-order valence-corrected chi connectivity index (χ4v) is 15.8. The molecule has 0 N–H and O–H groups in total. The highest BCUT2D eigenvalue weighted by molar-refractivity contribution is 6.09. The molecule has 6 aliphatic carbocycles. The van der Waals surface area contributed by atoms with E-state index in [0.717, 1.165) is 97.1 Å². The number of furan rings is 1. The van der Waals surface area contributed by atoms with Crippen LogP contribution in [0.5, 0.6) is 11.5 Å². The molecule has 59 heavy (non-hydrogen) atoms. The molecule has 3 heterocycles. The second-order valence-corrected chi connectivity index (χ2v) is 19.1. The standard InChI is InChI=1S/C54H41N3O2/c1-2-10-31(11-3-1)50-55-51(57-52(56-50)37-15-8-14-36-35-12-4-6-18-44(35)58-48(36)37)32-22-20-30(21-23-32)34-13-9-17-41-49(34)59-45-19-7-5-16-40(45)54(41)33-27-42-38-24-29-25-39-46(38)53(42,28-33)43(26-29)47(39)54/h1-23,29,33,38-39,42-43,46-47H,24-28H2. The third kappa shape index (κ3) is 3.79. The minimum Gasteiger partial charge on any atom is -0.456 e. The first kappa shape index (κ1) is 31.9. The van der Waals surface area contributed by atoms with Crippen molar-refractivity contribution in [3.63, 3.8) is 0 Å². The van der Waals surface area contributed by atoms with Crippen LogP contribution in [0, 0.1) is 52.8 Å². The van der Waals surface area contributed by atoms with Crippen molar-refractivity contribution in [3.8, 4) is 56.8 Å². The van der Waals surface area contributed by atoms with Crippen LogP contribution in [0.3, 0.4) is 0 Å². The smallest absolute Gasteiger partial charge is 0.167 e. The first-order valence-electron chi connectivity index (χ1n) is 21.9. The minimum absolute atomic E-state index is 0.0214. The fraction of sp³-hybridized carbons (Fsp3) is 0.278. The van der Waals surface area contributed by atoms with Gasteiger partial charge in [-0.15, -0.1) is 0 Å². The van der Waals surface area contributed by atoms with Crippen LogP contribution in [0.4, 0.5) is 0 Å². The van der Waals surface area contributed by atoms with Crippen molar-refractivity contribution < 1.29 is 9.15 Å². The van der Waals surface area contributed by atoms with E-state index in [-0.39, 0.29) is 5.41 Å². The lowest BCUT2D eigenvalue weighted by molar-refractivity contribution is -0.120. The van der Waals surface area contributed by atoms with Gasteiger partial charge in [0.05, 0.1) is 5.56 Å². The van der Waals surface area contributed by atoms with E-state index in [1.54, 1.807) is 0 Å². The third-order valence-electron chi connectivity index (χ3n) is 17.2. The van der Waals surface area contributed by atoms with Gasteiger partial charge in [0.15, 0.2) is 17.5 Å². The molecular formula is C54H41N3O2. The number of rotatable bonds is 4. The predicted molar refractivity (Wildman–Crippen MR) is 230 cm³/mol. The molecule has 5 heteroatoms. The summed E-state index contributed by atoms with van der Waals surface area (Å²) in [7, 11) is 0. The summed E-state index contributed by atoms with van der Waals surface area (Å²) in [5, 5.41) is 2.13. The van der Waals surface area contributed by atoms with Crippen LogP contribution in [0.15, 0.2) is 144 Å². The van der Waals surface area contributed by atoms with Crippen molar-refractivity contribution >= 4 is 21.9 Å². The van der Waals surface area contributed by atoms with Gasteiger partial charge >= 0.3 is 0 Å². The highest BCUT2D eigenvalue weighted by atomic mass is 16.5. The van der Waals surface area contributed by atoms with E-state index in [1.807, 2.05) is 42.5 Å². The highest BCUT2D eigenvalue weighted by Crippen LogP contribution is 2.91. The number of benzene rings is 6. The van der Waals surface area contributed by atoms with Crippen molar-refractivity contribution in [2.75, 3.05) is 0 Å². The van der Waals surface area contributed by atoms with Gasteiger partial charge in [-0.05, 0) is 109 Å². The van der Waals surface area contributed by atoms with E-state index < -0.39 is 0 Å². The van der Waals surface area contributed by atoms with Crippen LogP contribution >= 0.6 is 0 Å². The maximum atomic E-state index is 7.15. The average molecular weight is 764 g/mol. The molecule has 284 valence electrons. The van der Waals surface area contributed by atoms with Crippen LogP contribution in [0.25, 0.3) is 67.2 Å². The SMILES string of the molecule is c1ccc(-c2nc(-c3ccc(-c4cccc5c4Oc4ccccc4C54C5CC6C7CC8CC9C4C(C8)C6(C5)C97)cc3)nc(-c3cccc4c3oc3ccccc34)n2)cc1. The van der Waals surface area contributed by atoms with Crippen LogP contribution < -0.4 is 4.74 Å². The van der Waals surface area contributed by atoms with Gasteiger partial charge < -0.3 is 9.15 Å². The molecule has 5 nitrogen and oxygen atoms in total. The Hall–Kier alpha value is -6.07. The summed E-state index contributed by atoms with van der Waals surface area (Å²) < 4.78 is 13.6. The summed E-state index contributed by atoms with van der Waals surface area (Å²) in [5.74, 6) is 11.1. The van der Waals surface area contributed by atoms with E-state index in [4.69, 9.17) is 24.1 Å². The van der Waals surface area contributed by atoms with Gasteiger partial charge in [0.25, 0.3) is 0 Å². The number of ether oxygens (including phenoxy) is 1. The Morgan fingerprint density at radius 3 is 2.10 bits per heavy atom. The zero-order valence-corrected chi connectivity index (χ0v) is 32.6. The molecule has 2 aromatic heterocycles. The summed E-state index contributed by atoms with van der Waals surface area (Å²) in [6, 6.07) is 49.6. The molecule has 10 unspecified atom stereocenters. The van der Waals surface area contributed by atoms with Gasteiger partial charge in [-0.3, -0.25) is 0 Å². The van der Waals surface area contributed by atoms with Crippen molar-refractivity contribution in [2.45, 2.75) is 37.5 Å². The molecule has 8 aromatic rings. The molecule has 2 spiro atoms. The molecule has 1 aliphatic heterocycles. The Labute approximate surface area is 342 Å². The zero-order valence-electron chi connectivity index (χ0n) is 32.6. The third-order valence-corrected chi connectivity index (χ3v) is 17.2. The fourth-order valence-electron chi connectivity index (χ4n) is 15.8. The molecule has 6 bridgehead atoms. The lowest BCUT2D eigenvalue weighted by atomic mass is 9.45. The largest absolute Gasteiger partial charge is 0.456 e. The molecular weight excluding hydrogens is 723 g/mol. The molecule has 6 saturated carbocycles. The molecule has 0 amide bonds. The van der Waals surface area contributed by atoms with Crippen LogP contribution in [0.2, 0.25) is 0 Å². The Bertz CT molecular complexity index is 3100. The topological polar surface area (TPSA) is 61.0 Å². The van der Waals surface area contributed by atoms with Crippen molar-refractivity contribution in [1.29, 1.82) is 0 Å². The van der Waals surface area contributed by atoms with Crippen LogP contribution in [0.1, 0.15) is 43.2 Å². The van der Waals surface area contributed by atoms with Crippen molar-refractivity contribution in [3.05, 3.63) is 151 Å². The summed E-state index contributed by atoms with van der Waals surface area (Å²) >= 11 is 0. The second kappa shape index (κ2) is 10.9. The van der Waals surface area contributed by atoms with Gasteiger partial charge in [0.2, 0.25) is 0 Å². The Kier molecular flexibility index (Phi) is 5.91. The van der Waals surface area contributed by atoms with Gasteiger partial charge in [0, 0.05) is 44.0 Å². The summed E-state index contributed by atoms with van der Waals surface area (Å²) in [6.07, 6.45) is 7.30. The van der Waals surface area contributed by atoms with Gasteiger partial charge in [-0.1, -0.05) is 121 Å². The number of hydrogen-bond donors (Lipinski definition) is 0. The van der Waals surface area contributed by atoms with Crippen molar-refractivity contribution in [2.24, 2.45) is 52.8 Å². The highest BCUT2D eigenvalue weighted by Gasteiger charge is 2.86.